The number of aryl methyl sites for hydroxylation is 1. The summed E-state index contributed by atoms with van der Waals surface area (Å²) in [6.07, 6.45) is 4.87. The van der Waals surface area contributed by atoms with E-state index in [2.05, 4.69) is 28.7 Å². The van der Waals surface area contributed by atoms with Crippen LogP contribution in [0.25, 0.3) is 5.65 Å². The number of hydrogen-bond acceptors (Lipinski definition) is 6. The van der Waals surface area contributed by atoms with Crippen LogP contribution in [0.5, 0.6) is 11.5 Å². The molecule has 2 N–H and O–H groups in total. The number of likely N-dealkylation sites (tertiary alicyclic amines) is 1. The average Bonchev–Trinajstić information content (AvgIpc) is 3.14. The molecule has 1 unspecified atom stereocenters. The third-order valence-corrected chi connectivity index (χ3v) is 5.91. The molecule has 0 spiro atoms. The Balaban J connectivity index is 1.55. The molecular weight excluding hydrogens is 390 g/mol. The SMILES string of the molecule is C=CCc1cc(CN2CCCC(c3cc(N)n4nc(C)cc4n3)C2)cc(OC)c1OC. The van der Waals surface area contributed by atoms with Gasteiger partial charge >= 0.3 is 0 Å². The lowest BCUT2D eigenvalue weighted by atomic mass is 9.94. The lowest BCUT2D eigenvalue weighted by Crippen LogP contribution is -2.34. The van der Waals surface area contributed by atoms with Crippen molar-refractivity contribution in [2.24, 2.45) is 0 Å². The van der Waals surface area contributed by atoms with Crippen molar-refractivity contribution in [3.8, 4) is 11.5 Å². The van der Waals surface area contributed by atoms with Crippen LogP contribution in [0.1, 0.15) is 41.3 Å². The van der Waals surface area contributed by atoms with Gasteiger partial charge < -0.3 is 15.2 Å². The van der Waals surface area contributed by atoms with Crippen LogP contribution in [-0.2, 0) is 13.0 Å². The van der Waals surface area contributed by atoms with E-state index in [0.717, 1.165) is 73.0 Å². The molecule has 2 aromatic heterocycles. The molecule has 1 fully saturated rings. The number of ether oxygens (including phenoxy) is 2. The van der Waals surface area contributed by atoms with Crippen molar-refractivity contribution in [2.45, 2.75) is 38.6 Å². The van der Waals surface area contributed by atoms with Crippen LogP contribution in [0.3, 0.4) is 0 Å². The van der Waals surface area contributed by atoms with Gasteiger partial charge in [-0.1, -0.05) is 12.1 Å². The van der Waals surface area contributed by atoms with Gasteiger partial charge in [0.15, 0.2) is 17.1 Å². The summed E-state index contributed by atoms with van der Waals surface area (Å²) in [6.45, 7) is 8.69. The second-order valence-electron chi connectivity index (χ2n) is 8.22. The Morgan fingerprint density at radius 3 is 2.81 bits per heavy atom. The van der Waals surface area contributed by atoms with Crippen molar-refractivity contribution >= 4 is 11.5 Å². The van der Waals surface area contributed by atoms with Gasteiger partial charge in [-0.15, -0.1) is 6.58 Å². The summed E-state index contributed by atoms with van der Waals surface area (Å²) in [5.74, 6) is 2.54. The predicted octanol–water partition coefficient (Wildman–Crippen LogP) is 3.75. The summed E-state index contributed by atoms with van der Waals surface area (Å²) in [5, 5.41) is 4.41. The molecule has 7 nitrogen and oxygen atoms in total. The molecule has 0 radical (unpaired) electrons. The van der Waals surface area contributed by atoms with E-state index in [1.54, 1.807) is 18.7 Å². The van der Waals surface area contributed by atoms with E-state index >= 15 is 0 Å². The van der Waals surface area contributed by atoms with Crippen LogP contribution in [-0.4, -0.2) is 46.8 Å². The summed E-state index contributed by atoms with van der Waals surface area (Å²) < 4.78 is 12.9. The summed E-state index contributed by atoms with van der Waals surface area (Å²) in [7, 11) is 3.36. The van der Waals surface area contributed by atoms with Gasteiger partial charge in [-0.2, -0.15) is 9.61 Å². The van der Waals surface area contributed by atoms with E-state index in [-0.39, 0.29) is 0 Å². The minimum Gasteiger partial charge on any atom is -0.493 e. The minimum absolute atomic E-state index is 0.351. The number of nitrogen functional groups attached to an aromatic ring is 1. The number of hydrogen-bond donors (Lipinski definition) is 1. The molecule has 1 atom stereocenters. The summed E-state index contributed by atoms with van der Waals surface area (Å²) in [5.41, 5.74) is 11.3. The molecule has 0 bridgehead atoms. The average molecular weight is 422 g/mol. The Morgan fingerprint density at radius 1 is 1.23 bits per heavy atom. The second-order valence-corrected chi connectivity index (χ2v) is 8.22. The van der Waals surface area contributed by atoms with Crippen LogP contribution >= 0.6 is 0 Å². The quantitative estimate of drug-likeness (QED) is 0.586. The number of nitrogens with two attached hydrogens (primary N) is 1. The zero-order valence-corrected chi connectivity index (χ0v) is 18.6. The summed E-state index contributed by atoms with van der Waals surface area (Å²) in [4.78, 5) is 7.34. The van der Waals surface area contributed by atoms with Crippen LogP contribution in [0.15, 0.2) is 36.9 Å². The normalized spacial score (nSPS) is 17.1. The topological polar surface area (TPSA) is 77.9 Å². The molecule has 4 rings (SSSR count). The van der Waals surface area contributed by atoms with Gasteiger partial charge in [0.25, 0.3) is 0 Å². The molecule has 1 aromatic carbocycles. The van der Waals surface area contributed by atoms with E-state index in [0.29, 0.717) is 11.7 Å². The van der Waals surface area contributed by atoms with E-state index in [1.165, 1.54) is 5.56 Å². The van der Waals surface area contributed by atoms with Gasteiger partial charge in [-0.25, -0.2) is 4.98 Å². The summed E-state index contributed by atoms with van der Waals surface area (Å²) in [6, 6.07) is 8.23. The maximum atomic E-state index is 6.25. The number of rotatable bonds is 7. The number of methoxy groups -OCH3 is 2. The third kappa shape index (κ3) is 4.37. The van der Waals surface area contributed by atoms with Gasteiger partial charge in [0, 0.05) is 36.7 Å². The Morgan fingerprint density at radius 2 is 2.06 bits per heavy atom. The van der Waals surface area contributed by atoms with Crippen LogP contribution in [0, 0.1) is 6.92 Å². The first-order chi connectivity index (χ1) is 15.0. The molecular formula is C24H31N5O2. The molecule has 1 aliphatic rings. The van der Waals surface area contributed by atoms with Crippen molar-refractivity contribution in [3.63, 3.8) is 0 Å². The number of nitrogens with zero attached hydrogens (tertiary/aromatic N) is 4. The smallest absolute Gasteiger partial charge is 0.164 e. The molecule has 0 aliphatic carbocycles. The largest absolute Gasteiger partial charge is 0.493 e. The van der Waals surface area contributed by atoms with Gasteiger partial charge in [0.05, 0.1) is 25.6 Å². The maximum absolute atomic E-state index is 6.25. The number of allylic oxidation sites excluding steroid dienone is 1. The maximum Gasteiger partial charge on any atom is 0.164 e. The zero-order chi connectivity index (χ0) is 22.0. The van der Waals surface area contributed by atoms with Crippen LogP contribution < -0.4 is 15.2 Å². The molecule has 1 aliphatic heterocycles. The highest BCUT2D eigenvalue weighted by atomic mass is 16.5. The van der Waals surface area contributed by atoms with Crippen LogP contribution in [0.2, 0.25) is 0 Å². The molecule has 0 saturated carbocycles. The van der Waals surface area contributed by atoms with Gasteiger partial charge in [-0.3, -0.25) is 4.90 Å². The van der Waals surface area contributed by atoms with E-state index in [9.17, 15) is 0 Å². The molecule has 3 aromatic rings. The highest BCUT2D eigenvalue weighted by Gasteiger charge is 2.24. The molecule has 164 valence electrons. The predicted molar refractivity (Wildman–Crippen MR) is 123 cm³/mol. The lowest BCUT2D eigenvalue weighted by molar-refractivity contribution is 0.198. The van der Waals surface area contributed by atoms with Crippen molar-refractivity contribution < 1.29 is 9.47 Å². The number of anilines is 1. The van der Waals surface area contributed by atoms with Gasteiger partial charge in [-0.05, 0) is 44.4 Å². The van der Waals surface area contributed by atoms with E-state index in [4.69, 9.17) is 20.2 Å². The monoisotopic (exact) mass is 421 g/mol. The minimum atomic E-state index is 0.351. The van der Waals surface area contributed by atoms with Crippen molar-refractivity contribution in [1.29, 1.82) is 0 Å². The molecule has 0 amide bonds. The van der Waals surface area contributed by atoms with E-state index in [1.807, 2.05) is 25.1 Å². The molecule has 3 heterocycles. The fraction of sp³-hybridized carbons (Fsp3) is 0.417. The molecule has 31 heavy (non-hydrogen) atoms. The van der Waals surface area contributed by atoms with E-state index < -0.39 is 0 Å². The number of aromatic nitrogens is 3. The Bertz CT molecular complexity index is 1090. The van der Waals surface area contributed by atoms with Gasteiger partial charge in [0.2, 0.25) is 0 Å². The van der Waals surface area contributed by atoms with Crippen LogP contribution in [0.4, 0.5) is 5.82 Å². The lowest BCUT2D eigenvalue weighted by Gasteiger charge is -2.32. The number of piperidine rings is 1. The fourth-order valence-electron chi connectivity index (χ4n) is 4.55. The summed E-state index contributed by atoms with van der Waals surface area (Å²) >= 11 is 0. The first kappa shape index (κ1) is 21.2. The highest BCUT2D eigenvalue weighted by Crippen LogP contribution is 2.34. The van der Waals surface area contributed by atoms with Crippen molar-refractivity contribution in [1.82, 2.24) is 19.5 Å². The first-order valence-corrected chi connectivity index (χ1v) is 10.7. The van der Waals surface area contributed by atoms with Crippen molar-refractivity contribution in [2.75, 3.05) is 33.0 Å². The number of benzene rings is 1. The third-order valence-electron chi connectivity index (χ3n) is 5.91. The first-order valence-electron chi connectivity index (χ1n) is 10.7. The second kappa shape index (κ2) is 8.98. The Hall–Kier alpha value is -3.06. The Labute approximate surface area is 183 Å². The molecule has 1 saturated heterocycles. The van der Waals surface area contributed by atoms with Gasteiger partial charge in [0.1, 0.15) is 5.82 Å². The zero-order valence-electron chi connectivity index (χ0n) is 18.6. The fourth-order valence-corrected chi connectivity index (χ4v) is 4.55. The molecule has 7 heteroatoms. The number of fused-ring (bicyclic) bond motifs is 1. The van der Waals surface area contributed by atoms with Crippen molar-refractivity contribution in [3.05, 3.63) is 59.4 Å². The standard InChI is InChI=1S/C24H31N5O2/c1-5-7-18-11-17(12-21(30-3)24(18)31-4)14-28-9-6-8-19(15-28)20-13-22(25)29-23(26-20)10-16(2)27-29/h5,10-13,19H,1,6-9,14-15,25H2,2-4H3. The Kier molecular flexibility index (Phi) is 6.13. The highest BCUT2D eigenvalue weighted by molar-refractivity contribution is 5.51.